The summed E-state index contributed by atoms with van der Waals surface area (Å²) in [4.78, 5) is 28.5. The second kappa shape index (κ2) is 8.74. The molecular formula is C21H35N3O2. The minimum atomic E-state index is -0.0328. The van der Waals surface area contributed by atoms with E-state index in [0.717, 1.165) is 12.8 Å². The number of carbonyl (C=O) groups excluding carboxylic acids is 2. The molecule has 0 atom stereocenters. The van der Waals surface area contributed by atoms with Crippen molar-refractivity contribution in [3.05, 3.63) is 23.3 Å². The van der Waals surface area contributed by atoms with Crippen molar-refractivity contribution < 1.29 is 9.59 Å². The fourth-order valence-corrected chi connectivity index (χ4v) is 3.95. The summed E-state index contributed by atoms with van der Waals surface area (Å²) in [6, 6.07) is 0.0939. The van der Waals surface area contributed by atoms with Crippen LogP contribution in [0.25, 0.3) is 0 Å². The molecular weight excluding hydrogens is 326 g/mol. The number of urea groups is 1. The Balaban J connectivity index is 1.97. The molecule has 1 heterocycles. The van der Waals surface area contributed by atoms with Crippen LogP contribution >= 0.6 is 0 Å². The van der Waals surface area contributed by atoms with E-state index in [0.29, 0.717) is 26.2 Å². The van der Waals surface area contributed by atoms with Gasteiger partial charge in [-0.05, 0) is 57.4 Å². The van der Waals surface area contributed by atoms with Crippen molar-refractivity contribution in [1.82, 2.24) is 15.1 Å². The number of hydrogen-bond acceptors (Lipinski definition) is 2. The van der Waals surface area contributed by atoms with Crippen LogP contribution < -0.4 is 5.32 Å². The summed E-state index contributed by atoms with van der Waals surface area (Å²) >= 11 is 0. The zero-order chi connectivity index (χ0) is 19.3. The molecule has 5 heteroatoms. The quantitative estimate of drug-likeness (QED) is 0.779. The number of nitrogens with one attached hydrogen (secondary N) is 1. The van der Waals surface area contributed by atoms with Crippen LogP contribution in [0.5, 0.6) is 0 Å². The van der Waals surface area contributed by atoms with E-state index < -0.39 is 0 Å². The highest BCUT2D eigenvalue weighted by atomic mass is 16.2. The van der Waals surface area contributed by atoms with Gasteiger partial charge in [-0.25, -0.2) is 4.79 Å². The van der Waals surface area contributed by atoms with E-state index in [1.54, 1.807) is 6.08 Å². The van der Waals surface area contributed by atoms with Crippen LogP contribution in [-0.4, -0.2) is 54.0 Å². The summed E-state index contributed by atoms with van der Waals surface area (Å²) in [6.07, 6.45) is 8.10. The third-order valence-electron chi connectivity index (χ3n) is 5.44. The van der Waals surface area contributed by atoms with Gasteiger partial charge in [-0.15, -0.1) is 0 Å². The third kappa shape index (κ3) is 5.36. The first-order valence-corrected chi connectivity index (χ1v) is 9.93. The van der Waals surface area contributed by atoms with Gasteiger partial charge in [0.2, 0.25) is 5.91 Å². The van der Waals surface area contributed by atoms with Crippen molar-refractivity contribution in [3.63, 3.8) is 0 Å². The van der Waals surface area contributed by atoms with Crippen LogP contribution in [0.15, 0.2) is 23.3 Å². The molecule has 0 aromatic heterocycles. The number of rotatable bonds is 3. The van der Waals surface area contributed by atoms with Crippen molar-refractivity contribution in [2.75, 3.05) is 26.2 Å². The van der Waals surface area contributed by atoms with E-state index >= 15 is 0 Å². The lowest BCUT2D eigenvalue weighted by atomic mass is 9.72. The summed E-state index contributed by atoms with van der Waals surface area (Å²) in [5.41, 5.74) is 2.85. The van der Waals surface area contributed by atoms with Gasteiger partial charge in [-0.2, -0.15) is 0 Å². The molecule has 2 rings (SSSR count). The smallest absolute Gasteiger partial charge is 0.317 e. The second-order valence-corrected chi connectivity index (χ2v) is 8.53. The molecule has 0 aromatic carbocycles. The predicted molar refractivity (Wildman–Crippen MR) is 106 cm³/mol. The monoisotopic (exact) mass is 361 g/mol. The third-order valence-corrected chi connectivity index (χ3v) is 5.44. The highest BCUT2D eigenvalue weighted by Crippen LogP contribution is 2.40. The molecule has 0 radical (unpaired) electrons. The molecule has 0 spiro atoms. The van der Waals surface area contributed by atoms with E-state index in [4.69, 9.17) is 0 Å². The van der Waals surface area contributed by atoms with E-state index in [1.165, 1.54) is 24.0 Å². The van der Waals surface area contributed by atoms with Gasteiger partial charge in [-0.1, -0.05) is 25.5 Å². The maximum absolute atomic E-state index is 12.7. The summed E-state index contributed by atoms with van der Waals surface area (Å²) in [6.45, 7) is 13.2. The van der Waals surface area contributed by atoms with E-state index in [2.05, 4.69) is 26.1 Å². The largest absolute Gasteiger partial charge is 0.337 e. The number of amides is 3. The summed E-state index contributed by atoms with van der Waals surface area (Å²) in [5.74, 6) is 0.0535. The van der Waals surface area contributed by atoms with Crippen molar-refractivity contribution in [2.24, 2.45) is 5.41 Å². The molecule has 0 unspecified atom stereocenters. The fraction of sp³-hybridized carbons (Fsp3) is 0.714. The van der Waals surface area contributed by atoms with Crippen LogP contribution in [-0.2, 0) is 4.79 Å². The first-order valence-electron chi connectivity index (χ1n) is 9.93. The molecule has 5 nitrogen and oxygen atoms in total. The number of carbonyl (C=O) groups is 2. The number of allylic oxidation sites excluding steroid dienone is 3. The average molecular weight is 362 g/mol. The highest BCUT2D eigenvalue weighted by molar-refractivity contribution is 5.88. The standard InChI is InChI=1S/C21H35N3O2/c1-16(2)22-20(26)24-13-7-12-23(14-15-24)19(25)10-9-18-17(3)8-6-11-21(18,4)5/h9-10,16H,6-8,11-15H2,1-5H3,(H,22,26). The number of hydrogen-bond donors (Lipinski definition) is 1. The number of nitrogens with zero attached hydrogens (tertiary/aromatic N) is 2. The topological polar surface area (TPSA) is 52.7 Å². The van der Waals surface area contributed by atoms with E-state index in [1.807, 2.05) is 29.7 Å². The Kier molecular flexibility index (Phi) is 6.90. The molecule has 1 fully saturated rings. The maximum Gasteiger partial charge on any atom is 0.317 e. The van der Waals surface area contributed by atoms with E-state index in [9.17, 15) is 9.59 Å². The van der Waals surface area contributed by atoms with Crippen molar-refractivity contribution in [2.45, 2.75) is 66.3 Å². The summed E-state index contributed by atoms with van der Waals surface area (Å²) in [7, 11) is 0. The predicted octanol–water partition coefficient (Wildman–Crippen LogP) is 3.72. The van der Waals surface area contributed by atoms with Gasteiger partial charge in [0, 0.05) is 38.3 Å². The minimum absolute atomic E-state index is 0.0328. The van der Waals surface area contributed by atoms with Crippen LogP contribution in [0, 0.1) is 5.41 Å². The zero-order valence-corrected chi connectivity index (χ0v) is 17.1. The van der Waals surface area contributed by atoms with Gasteiger partial charge in [0.05, 0.1) is 0 Å². The summed E-state index contributed by atoms with van der Waals surface area (Å²) < 4.78 is 0. The Morgan fingerprint density at radius 1 is 1.08 bits per heavy atom. The molecule has 1 N–H and O–H groups in total. The summed E-state index contributed by atoms with van der Waals surface area (Å²) in [5, 5.41) is 2.93. The lowest BCUT2D eigenvalue weighted by molar-refractivity contribution is -0.125. The normalized spacial score (nSPS) is 21.3. The lowest BCUT2D eigenvalue weighted by Crippen LogP contribution is -2.44. The van der Waals surface area contributed by atoms with Crippen molar-refractivity contribution in [3.8, 4) is 0 Å². The van der Waals surface area contributed by atoms with Gasteiger partial charge in [-0.3, -0.25) is 4.79 Å². The molecule has 1 saturated heterocycles. The van der Waals surface area contributed by atoms with Crippen LogP contribution in [0.1, 0.15) is 60.3 Å². The molecule has 26 heavy (non-hydrogen) atoms. The zero-order valence-electron chi connectivity index (χ0n) is 17.1. The fourth-order valence-electron chi connectivity index (χ4n) is 3.95. The maximum atomic E-state index is 12.7. The molecule has 0 aromatic rings. The lowest BCUT2D eigenvalue weighted by Gasteiger charge is -2.33. The molecule has 146 valence electrons. The van der Waals surface area contributed by atoms with Crippen molar-refractivity contribution >= 4 is 11.9 Å². The SMILES string of the molecule is CC1=C(C=CC(=O)N2CCCN(C(=O)NC(C)C)CC2)C(C)(C)CCC1. The van der Waals surface area contributed by atoms with Gasteiger partial charge < -0.3 is 15.1 Å². The molecule has 3 amide bonds. The first kappa shape index (κ1) is 20.5. The van der Waals surface area contributed by atoms with Crippen LogP contribution in [0.2, 0.25) is 0 Å². The molecule has 0 bridgehead atoms. The Labute approximate surface area is 158 Å². The van der Waals surface area contributed by atoms with Crippen molar-refractivity contribution in [1.29, 1.82) is 0 Å². The minimum Gasteiger partial charge on any atom is -0.337 e. The Morgan fingerprint density at radius 3 is 2.38 bits per heavy atom. The Morgan fingerprint density at radius 2 is 1.73 bits per heavy atom. The van der Waals surface area contributed by atoms with Gasteiger partial charge in [0.15, 0.2) is 0 Å². The second-order valence-electron chi connectivity index (χ2n) is 8.53. The van der Waals surface area contributed by atoms with Gasteiger partial charge in [0.1, 0.15) is 0 Å². The molecule has 1 aliphatic heterocycles. The Bertz CT molecular complexity index is 590. The molecule has 1 aliphatic carbocycles. The Hall–Kier alpha value is -1.78. The van der Waals surface area contributed by atoms with Crippen LogP contribution in [0.3, 0.4) is 0 Å². The van der Waals surface area contributed by atoms with Gasteiger partial charge >= 0.3 is 6.03 Å². The average Bonchev–Trinajstić information content (AvgIpc) is 2.79. The molecule has 2 aliphatic rings. The van der Waals surface area contributed by atoms with Gasteiger partial charge in [0.25, 0.3) is 0 Å². The van der Waals surface area contributed by atoms with Crippen LogP contribution in [0.4, 0.5) is 4.79 Å². The van der Waals surface area contributed by atoms with E-state index in [-0.39, 0.29) is 23.4 Å². The first-order chi connectivity index (χ1) is 12.2. The molecule has 0 saturated carbocycles. The highest BCUT2D eigenvalue weighted by Gasteiger charge is 2.27.